The van der Waals surface area contributed by atoms with Gasteiger partial charge in [-0.15, -0.1) is 0 Å². The maximum atomic E-state index is 12.0. The van der Waals surface area contributed by atoms with Crippen molar-refractivity contribution in [3.63, 3.8) is 0 Å². The van der Waals surface area contributed by atoms with Crippen molar-refractivity contribution in [3.05, 3.63) is 30.2 Å². The summed E-state index contributed by atoms with van der Waals surface area (Å²) in [5, 5.41) is 7.49. The third-order valence-electron chi connectivity index (χ3n) is 2.33. The molecule has 0 fully saturated rings. The van der Waals surface area contributed by atoms with Gasteiger partial charge in [0, 0.05) is 18.1 Å². The monoisotopic (exact) mass is 247 g/mol. The van der Waals surface area contributed by atoms with Crippen molar-refractivity contribution >= 4 is 28.5 Å². The van der Waals surface area contributed by atoms with E-state index < -0.39 is 0 Å². The van der Waals surface area contributed by atoms with Crippen LogP contribution < -0.4 is 5.32 Å². The van der Waals surface area contributed by atoms with Crippen LogP contribution in [-0.2, 0) is 0 Å². The summed E-state index contributed by atoms with van der Waals surface area (Å²) >= 11 is 1.54. The fraction of sp³-hybridized carbons (Fsp3) is 0.200. The van der Waals surface area contributed by atoms with Crippen molar-refractivity contribution in [2.24, 2.45) is 4.99 Å². The number of carbonyl (C=O) groups excluding carboxylic acids is 1. The topological polar surface area (TPSA) is 71.7 Å². The van der Waals surface area contributed by atoms with Gasteiger partial charge in [-0.1, -0.05) is 11.8 Å². The number of amidine groups is 1. The Hall–Kier alpha value is -1.89. The molecule has 0 unspecified atom stereocenters. The van der Waals surface area contributed by atoms with E-state index in [9.17, 15) is 4.79 Å². The maximum Gasteiger partial charge on any atom is 0.262 e. The van der Waals surface area contributed by atoms with Gasteiger partial charge < -0.3 is 5.32 Å². The predicted molar refractivity (Wildman–Crippen MR) is 65.2 cm³/mol. The van der Waals surface area contributed by atoms with Gasteiger partial charge in [0.15, 0.2) is 10.8 Å². The third-order valence-corrected chi connectivity index (χ3v) is 3.22. The molecule has 2 aromatic heterocycles. The summed E-state index contributed by atoms with van der Waals surface area (Å²) in [6, 6.07) is 1.76. The minimum absolute atomic E-state index is 0.216. The number of aromatic nitrogens is 3. The highest BCUT2D eigenvalue weighted by Crippen LogP contribution is 2.11. The number of aliphatic imine (C=N–C) groups is 1. The van der Waals surface area contributed by atoms with Crippen LogP contribution in [0.5, 0.6) is 0 Å². The standard InChI is InChI=1S/C10H9N5OS/c16-9(14-10-12-3-5-17-10)7-6-13-15-4-1-2-11-8(7)15/h1-2,4,6H,3,5H2,(H,12,14,16). The quantitative estimate of drug-likeness (QED) is 0.799. The highest BCUT2D eigenvalue weighted by atomic mass is 32.2. The van der Waals surface area contributed by atoms with Gasteiger partial charge in [0.1, 0.15) is 5.56 Å². The van der Waals surface area contributed by atoms with Gasteiger partial charge in [-0.25, -0.2) is 9.50 Å². The van der Waals surface area contributed by atoms with Crippen LogP contribution in [0.3, 0.4) is 0 Å². The molecule has 0 atom stereocenters. The molecule has 0 bridgehead atoms. The Bertz CT molecular complexity index is 606. The minimum Gasteiger partial charge on any atom is -0.301 e. The second kappa shape index (κ2) is 4.17. The van der Waals surface area contributed by atoms with Crippen LogP contribution in [0.4, 0.5) is 0 Å². The van der Waals surface area contributed by atoms with E-state index in [1.165, 1.54) is 6.20 Å². The van der Waals surface area contributed by atoms with Crippen molar-refractivity contribution in [2.45, 2.75) is 0 Å². The molecule has 1 N–H and O–H groups in total. The van der Waals surface area contributed by atoms with Crippen molar-refractivity contribution < 1.29 is 4.79 Å². The fourth-order valence-electron chi connectivity index (χ4n) is 1.56. The summed E-state index contributed by atoms with van der Waals surface area (Å²) in [6.07, 6.45) is 4.90. The molecule has 1 aliphatic rings. The van der Waals surface area contributed by atoms with E-state index in [0.717, 1.165) is 12.3 Å². The van der Waals surface area contributed by atoms with E-state index in [-0.39, 0.29) is 5.91 Å². The third kappa shape index (κ3) is 1.89. The molecule has 0 saturated heterocycles. The molecule has 1 amide bonds. The zero-order valence-corrected chi connectivity index (χ0v) is 9.65. The van der Waals surface area contributed by atoms with Gasteiger partial charge in [0.2, 0.25) is 0 Å². The molecule has 3 rings (SSSR count). The molecular formula is C10H9N5OS. The first-order chi connectivity index (χ1) is 8.34. The van der Waals surface area contributed by atoms with Gasteiger partial charge in [-0.3, -0.25) is 9.79 Å². The second-order valence-corrected chi connectivity index (χ2v) is 4.52. The number of hydrogen-bond donors (Lipinski definition) is 1. The summed E-state index contributed by atoms with van der Waals surface area (Å²) in [5.74, 6) is 0.703. The molecule has 17 heavy (non-hydrogen) atoms. The average Bonchev–Trinajstić information content (AvgIpc) is 2.96. The van der Waals surface area contributed by atoms with Crippen LogP contribution in [0.25, 0.3) is 5.65 Å². The van der Waals surface area contributed by atoms with Crippen LogP contribution in [0.15, 0.2) is 29.6 Å². The summed E-state index contributed by atoms with van der Waals surface area (Å²) < 4.78 is 1.57. The highest BCUT2D eigenvalue weighted by molar-refractivity contribution is 8.14. The summed E-state index contributed by atoms with van der Waals surface area (Å²) in [4.78, 5) is 20.3. The number of nitrogens with zero attached hydrogens (tertiary/aromatic N) is 4. The first-order valence-electron chi connectivity index (χ1n) is 5.11. The zero-order valence-electron chi connectivity index (χ0n) is 8.83. The first kappa shape index (κ1) is 10.3. The van der Waals surface area contributed by atoms with Gasteiger partial charge >= 0.3 is 0 Å². The van der Waals surface area contributed by atoms with E-state index in [1.807, 2.05) is 0 Å². The molecule has 0 saturated carbocycles. The number of thioether (sulfide) groups is 1. The SMILES string of the molecule is O=C(NC1=NCCS1)c1cnn2cccnc12. The molecule has 0 aliphatic carbocycles. The maximum absolute atomic E-state index is 12.0. The number of carbonyl (C=O) groups is 1. The van der Waals surface area contributed by atoms with Gasteiger partial charge in [-0.05, 0) is 6.07 Å². The fourth-order valence-corrected chi connectivity index (χ4v) is 2.29. The first-order valence-corrected chi connectivity index (χ1v) is 6.10. The van der Waals surface area contributed by atoms with Crippen molar-refractivity contribution in [2.75, 3.05) is 12.3 Å². The van der Waals surface area contributed by atoms with Crippen LogP contribution in [-0.4, -0.2) is 38.0 Å². The van der Waals surface area contributed by atoms with Crippen LogP contribution in [0, 0.1) is 0 Å². The minimum atomic E-state index is -0.216. The summed E-state index contributed by atoms with van der Waals surface area (Å²) in [5.41, 5.74) is 1.01. The number of amides is 1. The molecule has 1 aliphatic heterocycles. The Balaban J connectivity index is 1.90. The Morgan fingerprint density at radius 2 is 2.47 bits per heavy atom. The van der Waals surface area contributed by atoms with E-state index >= 15 is 0 Å². The lowest BCUT2D eigenvalue weighted by Gasteiger charge is -2.01. The Labute approximate surface area is 101 Å². The molecule has 2 aromatic rings. The number of nitrogens with one attached hydrogen (secondary N) is 1. The summed E-state index contributed by atoms with van der Waals surface area (Å²) in [6.45, 7) is 0.757. The summed E-state index contributed by atoms with van der Waals surface area (Å²) in [7, 11) is 0. The molecule has 0 radical (unpaired) electrons. The van der Waals surface area contributed by atoms with E-state index in [4.69, 9.17) is 0 Å². The van der Waals surface area contributed by atoms with Crippen LogP contribution in [0.1, 0.15) is 10.4 Å². The average molecular weight is 247 g/mol. The largest absolute Gasteiger partial charge is 0.301 e. The normalized spacial score (nSPS) is 14.9. The Morgan fingerprint density at radius 3 is 3.29 bits per heavy atom. The Morgan fingerprint density at radius 1 is 1.53 bits per heavy atom. The van der Waals surface area contributed by atoms with E-state index in [0.29, 0.717) is 16.4 Å². The lowest BCUT2D eigenvalue weighted by Crippen LogP contribution is -2.27. The molecule has 6 nitrogen and oxygen atoms in total. The molecule has 7 heteroatoms. The van der Waals surface area contributed by atoms with Gasteiger partial charge in [-0.2, -0.15) is 5.10 Å². The van der Waals surface area contributed by atoms with Crippen molar-refractivity contribution in [1.82, 2.24) is 19.9 Å². The lowest BCUT2D eigenvalue weighted by molar-refractivity contribution is 0.0979. The molecule has 86 valence electrons. The smallest absolute Gasteiger partial charge is 0.262 e. The predicted octanol–water partition coefficient (Wildman–Crippen LogP) is 0.562. The molecule has 0 spiro atoms. The van der Waals surface area contributed by atoms with Crippen LogP contribution in [0.2, 0.25) is 0 Å². The highest BCUT2D eigenvalue weighted by Gasteiger charge is 2.16. The zero-order chi connectivity index (χ0) is 11.7. The van der Waals surface area contributed by atoms with E-state index in [1.54, 1.807) is 34.7 Å². The van der Waals surface area contributed by atoms with Crippen molar-refractivity contribution in [3.8, 4) is 0 Å². The van der Waals surface area contributed by atoms with Gasteiger partial charge in [0.05, 0.1) is 12.7 Å². The number of rotatable bonds is 1. The molecule has 0 aromatic carbocycles. The lowest BCUT2D eigenvalue weighted by atomic mass is 10.3. The van der Waals surface area contributed by atoms with Crippen molar-refractivity contribution in [1.29, 1.82) is 0 Å². The van der Waals surface area contributed by atoms with Gasteiger partial charge in [0.25, 0.3) is 5.91 Å². The molecule has 3 heterocycles. The number of fused-ring (bicyclic) bond motifs is 1. The second-order valence-electron chi connectivity index (χ2n) is 3.44. The Kier molecular flexibility index (Phi) is 2.52. The van der Waals surface area contributed by atoms with E-state index in [2.05, 4.69) is 20.4 Å². The molecular weight excluding hydrogens is 238 g/mol. The number of hydrogen-bond acceptors (Lipinski definition) is 5. The van der Waals surface area contributed by atoms with Crippen LogP contribution >= 0.6 is 11.8 Å².